The Morgan fingerprint density at radius 1 is 1.11 bits per heavy atom. The van der Waals surface area contributed by atoms with Crippen molar-refractivity contribution >= 4 is 11.7 Å². The highest BCUT2D eigenvalue weighted by atomic mass is 16.5. The Hall–Kier alpha value is -3.03. The number of hydrogen-bond acceptors (Lipinski definition) is 7. The van der Waals surface area contributed by atoms with Crippen LogP contribution < -0.4 is 19.5 Å². The van der Waals surface area contributed by atoms with Crippen LogP contribution in [-0.4, -0.2) is 41.9 Å². The summed E-state index contributed by atoms with van der Waals surface area (Å²) in [5.41, 5.74) is 2.46. The van der Waals surface area contributed by atoms with Crippen molar-refractivity contribution in [3.63, 3.8) is 0 Å². The quantitative estimate of drug-likeness (QED) is 0.885. The maximum atomic E-state index is 12.9. The van der Waals surface area contributed by atoms with Gasteiger partial charge in [0.2, 0.25) is 11.7 Å². The fourth-order valence-electron chi connectivity index (χ4n) is 3.91. The first-order valence-electron chi connectivity index (χ1n) is 8.80. The summed E-state index contributed by atoms with van der Waals surface area (Å²) in [4.78, 5) is 17.2. The molecule has 8 nitrogen and oxygen atoms in total. The molecule has 2 heterocycles. The van der Waals surface area contributed by atoms with E-state index in [9.17, 15) is 4.79 Å². The van der Waals surface area contributed by atoms with Gasteiger partial charge in [0, 0.05) is 17.7 Å². The van der Waals surface area contributed by atoms with E-state index >= 15 is 0 Å². The molecule has 2 aromatic rings. The van der Waals surface area contributed by atoms with Gasteiger partial charge in [0.1, 0.15) is 12.4 Å². The summed E-state index contributed by atoms with van der Waals surface area (Å²) >= 11 is 0. The summed E-state index contributed by atoms with van der Waals surface area (Å²) in [6.07, 6.45) is 2.81. The van der Waals surface area contributed by atoms with Gasteiger partial charge in [-0.15, -0.1) is 0 Å². The molecule has 0 saturated carbocycles. The third-order valence-electron chi connectivity index (χ3n) is 5.07. The normalized spacial score (nSPS) is 21.3. The zero-order chi connectivity index (χ0) is 19.1. The summed E-state index contributed by atoms with van der Waals surface area (Å²) in [6, 6.07) is 3.32. The molecule has 0 saturated heterocycles. The fraction of sp³-hybridized carbons (Fsp3) is 0.421. The number of anilines is 1. The molecule has 27 heavy (non-hydrogen) atoms. The first-order chi connectivity index (χ1) is 13.1. The molecule has 0 fully saturated rings. The Kier molecular flexibility index (Phi) is 4.25. The molecule has 2 atom stereocenters. The van der Waals surface area contributed by atoms with Crippen molar-refractivity contribution in [2.75, 3.05) is 26.6 Å². The number of Topliss-reactive ketones (excluding diaryl/α,β-unsaturated/α-hetero) is 1. The van der Waals surface area contributed by atoms with Gasteiger partial charge < -0.3 is 19.5 Å². The number of nitrogens with zero attached hydrogens (tertiary/aromatic N) is 3. The van der Waals surface area contributed by atoms with Crippen LogP contribution in [0.1, 0.15) is 31.4 Å². The summed E-state index contributed by atoms with van der Waals surface area (Å²) in [7, 11) is 4.71. The topological polar surface area (TPSA) is 87.5 Å². The van der Waals surface area contributed by atoms with Crippen LogP contribution in [0.15, 0.2) is 29.7 Å². The largest absolute Gasteiger partial charge is 0.493 e. The standard InChI is InChI=1S/C19H22N4O4/c1-10-5-12-16(13(24)6-10)17(23-19(22-12)20-9-21-23)11-7-14(25-2)18(27-4)15(8-11)26-3/h7-10,17H,5-6H2,1-4H3,(H,20,21,22)/t10-,17+/m0/s1. The van der Waals surface area contributed by atoms with E-state index in [0.29, 0.717) is 35.5 Å². The van der Waals surface area contributed by atoms with Gasteiger partial charge in [0.15, 0.2) is 17.3 Å². The molecule has 0 spiro atoms. The molecule has 1 aromatic heterocycles. The van der Waals surface area contributed by atoms with E-state index in [-0.39, 0.29) is 5.78 Å². The average Bonchev–Trinajstić information content (AvgIpc) is 3.12. The molecule has 1 aliphatic heterocycles. The highest BCUT2D eigenvalue weighted by Crippen LogP contribution is 2.45. The number of rotatable bonds is 4. The van der Waals surface area contributed by atoms with Crippen LogP contribution in [-0.2, 0) is 4.79 Å². The highest BCUT2D eigenvalue weighted by Gasteiger charge is 2.38. The smallest absolute Gasteiger partial charge is 0.226 e. The molecule has 0 unspecified atom stereocenters. The van der Waals surface area contributed by atoms with Gasteiger partial charge in [0.05, 0.1) is 21.3 Å². The lowest BCUT2D eigenvalue weighted by atomic mass is 9.81. The summed E-state index contributed by atoms with van der Waals surface area (Å²) < 4.78 is 18.1. The van der Waals surface area contributed by atoms with Crippen LogP contribution in [0.25, 0.3) is 0 Å². The minimum Gasteiger partial charge on any atom is -0.493 e. The van der Waals surface area contributed by atoms with E-state index in [1.165, 1.54) is 6.33 Å². The van der Waals surface area contributed by atoms with Gasteiger partial charge in [-0.3, -0.25) is 4.79 Å². The molecule has 1 N–H and O–H groups in total. The summed E-state index contributed by atoms with van der Waals surface area (Å²) in [6.45, 7) is 2.08. The zero-order valence-corrected chi connectivity index (χ0v) is 15.8. The predicted molar refractivity (Wildman–Crippen MR) is 98.3 cm³/mol. The number of carbonyl (C=O) groups excluding carboxylic acids is 1. The highest BCUT2D eigenvalue weighted by molar-refractivity contribution is 5.99. The number of nitrogens with one attached hydrogen (secondary N) is 1. The SMILES string of the molecule is COc1cc([C@@H]2C3=C(C[C@H](C)CC3=O)Nc3ncnn32)cc(OC)c1OC. The molecule has 142 valence electrons. The van der Waals surface area contributed by atoms with Crippen LogP contribution >= 0.6 is 0 Å². The van der Waals surface area contributed by atoms with Crippen LogP contribution in [0.5, 0.6) is 17.2 Å². The Morgan fingerprint density at radius 2 is 1.81 bits per heavy atom. The zero-order valence-electron chi connectivity index (χ0n) is 15.8. The minimum atomic E-state index is -0.396. The van der Waals surface area contributed by atoms with Crippen molar-refractivity contribution < 1.29 is 19.0 Å². The molecule has 0 amide bonds. The van der Waals surface area contributed by atoms with Crippen LogP contribution in [0.4, 0.5) is 5.95 Å². The molecular formula is C19H22N4O4. The molecule has 2 aliphatic rings. The lowest BCUT2D eigenvalue weighted by Gasteiger charge is -2.34. The average molecular weight is 370 g/mol. The molecular weight excluding hydrogens is 348 g/mol. The van der Waals surface area contributed by atoms with Gasteiger partial charge in [-0.05, 0) is 30.0 Å². The maximum Gasteiger partial charge on any atom is 0.226 e. The number of carbonyl (C=O) groups is 1. The lowest BCUT2D eigenvalue weighted by molar-refractivity contribution is -0.117. The predicted octanol–water partition coefficient (Wildman–Crippen LogP) is 2.57. The molecule has 1 aromatic carbocycles. The number of ether oxygens (including phenoxy) is 3. The van der Waals surface area contributed by atoms with E-state index in [0.717, 1.165) is 23.3 Å². The number of benzene rings is 1. The van der Waals surface area contributed by atoms with Crippen molar-refractivity contribution in [3.05, 3.63) is 35.3 Å². The fourth-order valence-corrected chi connectivity index (χ4v) is 3.91. The van der Waals surface area contributed by atoms with E-state index < -0.39 is 6.04 Å². The van der Waals surface area contributed by atoms with E-state index in [2.05, 4.69) is 22.3 Å². The second-order valence-corrected chi connectivity index (χ2v) is 6.84. The van der Waals surface area contributed by atoms with Gasteiger partial charge >= 0.3 is 0 Å². The van der Waals surface area contributed by atoms with Gasteiger partial charge in [-0.25, -0.2) is 4.68 Å². The third kappa shape index (κ3) is 2.72. The lowest BCUT2D eigenvalue weighted by Crippen LogP contribution is -2.33. The van der Waals surface area contributed by atoms with Crippen molar-refractivity contribution in [3.8, 4) is 17.2 Å². The van der Waals surface area contributed by atoms with Crippen LogP contribution in [0, 0.1) is 5.92 Å². The molecule has 8 heteroatoms. The monoisotopic (exact) mass is 370 g/mol. The van der Waals surface area contributed by atoms with E-state index in [4.69, 9.17) is 14.2 Å². The molecule has 4 rings (SSSR count). The number of methoxy groups -OCH3 is 3. The molecule has 1 aliphatic carbocycles. The second kappa shape index (κ2) is 6.61. The number of hydrogen-bond donors (Lipinski definition) is 1. The molecule has 0 radical (unpaired) electrons. The van der Waals surface area contributed by atoms with Crippen molar-refractivity contribution in [2.45, 2.75) is 25.8 Å². The van der Waals surface area contributed by atoms with Crippen molar-refractivity contribution in [1.29, 1.82) is 0 Å². The van der Waals surface area contributed by atoms with Crippen molar-refractivity contribution in [2.24, 2.45) is 5.92 Å². The second-order valence-electron chi connectivity index (χ2n) is 6.84. The number of fused-ring (bicyclic) bond motifs is 1. The van der Waals surface area contributed by atoms with Gasteiger partial charge in [-0.1, -0.05) is 6.92 Å². The Labute approximate surface area is 157 Å². The van der Waals surface area contributed by atoms with Gasteiger partial charge in [-0.2, -0.15) is 10.1 Å². The van der Waals surface area contributed by atoms with E-state index in [1.807, 2.05) is 12.1 Å². The first-order valence-corrected chi connectivity index (χ1v) is 8.80. The Morgan fingerprint density at radius 3 is 2.44 bits per heavy atom. The minimum absolute atomic E-state index is 0.121. The summed E-state index contributed by atoms with van der Waals surface area (Å²) in [5.74, 6) is 2.61. The number of aromatic nitrogens is 3. The Balaban J connectivity index is 1.93. The number of allylic oxidation sites excluding steroid dienone is 2. The summed E-state index contributed by atoms with van der Waals surface area (Å²) in [5, 5.41) is 7.64. The van der Waals surface area contributed by atoms with E-state index in [1.54, 1.807) is 26.0 Å². The van der Waals surface area contributed by atoms with Gasteiger partial charge in [0.25, 0.3) is 0 Å². The Bertz CT molecular complexity index is 909. The number of ketones is 1. The van der Waals surface area contributed by atoms with Crippen LogP contribution in [0.3, 0.4) is 0 Å². The third-order valence-corrected chi connectivity index (χ3v) is 5.07. The van der Waals surface area contributed by atoms with Crippen molar-refractivity contribution in [1.82, 2.24) is 14.8 Å². The maximum absolute atomic E-state index is 12.9. The molecule has 0 bridgehead atoms. The first kappa shape index (κ1) is 17.4. The van der Waals surface area contributed by atoms with Crippen LogP contribution in [0.2, 0.25) is 0 Å².